The van der Waals surface area contributed by atoms with Gasteiger partial charge < -0.3 is 4.74 Å². The molecule has 1 heterocycles. The van der Waals surface area contributed by atoms with Crippen molar-refractivity contribution >= 4 is 23.0 Å². The van der Waals surface area contributed by atoms with Crippen molar-refractivity contribution in [3.8, 4) is 0 Å². The van der Waals surface area contributed by atoms with Gasteiger partial charge in [-0.25, -0.2) is 18.6 Å². The molecule has 8 heteroatoms. The Hall–Kier alpha value is -3.13. The molecule has 0 saturated carbocycles. The van der Waals surface area contributed by atoms with E-state index >= 15 is 0 Å². The number of hydrogen-bond donors (Lipinski definition) is 0. The molecule has 0 unspecified atom stereocenters. The van der Waals surface area contributed by atoms with Crippen molar-refractivity contribution in [2.75, 3.05) is 7.11 Å². The first-order chi connectivity index (χ1) is 13.0. The number of hydrogen-bond acceptors (Lipinski definition) is 5. The van der Waals surface area contributed by atoms with Crippen molar-refractivity contribution in [3.63, 3.8) is 0 Å². The average molecular weight is 388 g/mol. The van der Waals surface area contributed by atoms with Crippen LogP contribution in [0.2, 0.25) is 0 Å². The van der Waals surface area contributed by atoms with Gasteiger partial charge in [-0.3, -0.25) is 9.36 Å². The van der Waals surface area contributed by atoms with Gasteiger partial charge in [0.2, 0.25) is 0 Å². The van der Waals surface area contributed by atoms with Crippen LogP contribution < -0.4 is 10.4 Å². The second-order valence-electron chi connectivity index (χ2n) is 5.49. The van der Waals surface area contributed by atoms with Gasteiger partial charge in [0.05, 0.1) is 19.3 Å². The van der Waals surface area contributed by atoms with Crippen molar-refractivity contribution in [1.82, 2.24) is 4.57 Å². The monoisotopic (exact) mass is 388 g/mol. The molecule has 0 bridgehead atoms. The Labute approximate surface area is 156 Å². The molecule has 0 fully saturated rings. The van der Waals surface area contributed by atoms with Gasteiger partial charge in [0.15, 0.2) is 4.80 Å². The number of rotatable bonds is 4. The number of aromatic nitrogens is 1. The van der Waals surface area contributed by atoms with Gasteiger partial charge >= 0.3 is 5.97 Å². The summed E-state index contributed by atoms with van der Waals surface area (Å²) in [5.41, 5.74) is 0.155. The lowest BCUT2D eigenvalue weighted by Gasteiger charge is -2.08. The summed E-state index contributed by atoms with van der Waals surface area (Å²) < 4.78 is 33.0. The highest BCUT2D eigenvalue weighted by atomic mass is 32.1. The smallest absolute Gasteiger partial charge is 0.348 e. The molecular weight excluding hydrogens is 374 g/mol. The van der Waals surface area contributed by atoms with Crippen molar-refractivity contribution in [1.29, 1.82) is 0 Å². The van der Waals surface area contributed by atoms with Crippen LogP contribution in [0.5, 0.6) is 0 Å². The summed E-state index contributed by atoms with van der Waals surface area (Å²) in [6, 6.07) is 12.5. The molecule has 0 aliphatic rings. The van der Waals surface area contributed by atoms with Gasteiger partial charge in [0, 0.05) is 11.6 Å². The van der Waals surface area contributed by atoms with E-state index in [1.807, 2.05) is 0 Å². The highest BCUT2D eigenvalue weighted by Crippen LogP contribution is 2.13. The first-order valence-corrected chi connectivity index (χ1v) is 8.66. The Bertz CT molecular complexity index is 1100. The fraction of sp³-hybridized carbons (Fsp3) is 0.105. The van der Waals surface area contributed by atoms with Crippen LogP contribution in [0, 0.1) is 11.6 Å². The summed E-state index contributed by atoms with van der Waals surface area (Å²) in [7, 11) is 1.21. The largest absolute Gasteiger partial charge is 0.465 e. The van der Waals surface area contributed by atoms with Gasteiger partial charge in [-0.1, -0.05) is 29.5 Å². The fourth-order valence-corrected chi connectivity index (χ4v) is 3.26. The van der Waals surface area contributed by atoms with E-state index in [4.69, 9.17) is 0 Å². The summed E-state index contributed by atoms with van der Waals surface area (Å²) in [6.45, 7) is -0.0660. The zero-order valence-corrected chi connectivity index (χ0v) is 15.0. The van der Waals surface area contributed by atoms with Crippen LogP contribution in [-0.4, -0.2) is 17.6 Å². The molecule has 2 aromatic carbocycles. The van der Waals surface area contributed by atoms with Gasteiger partial charge in [-0.05, 0) is 30.3 Å². The lowest BCUT2D eigenvalue weighted by Crippen LogP contribution is -2.33. The molecule has 0 amide bonds. The second kappa shape index (κ2) is 8.05. The van der Waals surface area contributed by atoms with E-state index in [1.165, 1.54) is 42.0 Å². The number of halogens is 2. The minimum absolute atomic E-state index is 0.0631. The molecule has 0 N–H and O–H groups in total. The van der Waals surface area contributed by atoms with Gasteiger partial charge in [-0.2, -0.15) is 0 Å². The average Bonchev–Trinajstić information content (AvgIpc) is 2.66. The van der Waals surface area contributed by atoms with E-state index in [0.29, 0.717) is 11.3 Å². The van der Waals surface area contributed by atoms with Crippen molar-refractivity contribution in [2.24, 2.45) is 4.99 Å². The molecule has 3 rings (SSSR count). The molecule has 3 aromatic rings. The molecule has 27 heavy (non-hydrogen) atoms. The molecule has 138 valence electrons. The molecule has 1 aromatic heterocycles. The maximum Gasteiger partial charge on any atom is 0.348 e. The Morgan fingerprint density at radius 1 is 1.15 bits per heavy atom. The van der Waals surface area contributed by atoms with E-state index in [9.17, 15) is 18.4 Å². The summed E-state index contributed by atoms with van der Waals surface area (Å²) >= 11 is 0.926. The van der Waals surface area contributed by atoms with E-state index in [1.54, 1.807) is 18.2 Å². The van der Waals surface area contributed by atoms with Crippen molar-refractivity contribution in [2.45, 2.75) is 6.54 Å². The molecule has 0 aliphatic carbocycles. The molecule has 0 aliphatic heterocycles. The Balaban J connectivity index is 2.19. The topological polar surface area (TPSA) is 60.7 Å². The molecule has 0 saturated heterocycles. The summed E-state index contributed by atoms with van der Waals surface area (Å²) in [5, 5.41) is 0. The summed E-state index contributed by atoms with van der Waals surface area (Å²) in [6.07, 6.45) is 0. The standard InChI is InChI=1S/C19H14F2N2O3S/c1-26-18(25)16-10-17(24)23(11-12-4-2-3-5-15(12)21)19(27-16)22-14-8-6-13(20)7-9-14/h2-10H,11H2,1H3. The first-order valence-electron chi connectivity index (χ1n) is 7.85. The number of carbonyl (C=O) groups excluding carboxylic acids is 1. The molecule has 5 nitrogen and oxygen atoms in total. The Morgan fingerprint density at radius 2 is 1.85 bits per heavy atom. The minimum atomic E-state index is -0.675. The lowest BCUT2D eigenvalue weighted by molar-refractivity contribution is 0.0605. The van der Waals surface area contributed by atoms with Crippen LogP contribution in [0.15, 0.2) is 64.4 Å². The highest BCUT2D eigenvalue weighted by molar-refractivity contribution is 7.11. The summed E-state index contributed by atoms with van der Waals surface area (Å²) in [5.74, 6) is -1.56. The zero-order chi connectivity index (χ0) is 19.4. The third kappa shape index (κ3) is 4.35. The van der Waals surface area contributed by atoms with Crippen molar-refractivity contribution < 1.29 is 18.3 Å². The number of esters is 1. The Morgan fingerprint density at radius 3 is 2.52 bits per heavy atom. The van der Waals surface area contributed by atoms with E-state index in [-0.39, 0.29) is 16.2 Å². The maximum absolute atomic E-state index is 14.0. The van der Waals surface area contributed by atoms with Crippen LogP contribution >= 0.6 is 11.3 Å². The van der Waals surface area contributed by atoms with Gasteiger partial charge in [0.1, 0.15) is 16.5 Å². The third-order valence-corrected chi connectivity index (χ3v) is 4.68. The molecular formula is C19H14F2N2O3S. The van der Waals surface area contributed by atoms with E-state index in [0.717, 1.165) is 17.4 Å². The van der Waals surface area contributed by atoms with Crippen molar-refractivity contribution in [3.05, 3.63) is 91.8 Å². The minimum Gasteiger partial charge on any atom is -0.465 e. The second-order valence-corrected chi connectivity index (χ2v) is 6.50. The van der Waals surface area contributed by atoms with Crippen LogP contribution in [0.4, 0.5) is 14.5 Å². The highest BCUT2D eigenvalue weighted by Gasteiger charge is 2.13. The van der Waals surface area contributed by atoms with Crippen LogP contribution in [0.3, 0.4) is 0 Å². The molecule has 0 spiro atoms. The Kier molecular flexibility index (Phi) is 5.56. The number of carbonyl (C=O) groups is 1. The summed E-state index contributed by atoms with van der Waals surface area (Å²) in [4.78, 5) is 28.9. The van der Waals surface area contributed by atoms with Crippen LogP contribution in [0.1, 0.15) is 15.2 Å². The first kappa shape index (κ1) is 18.7. The van der Waals surface area contributed by atoms with E-state index < -0.39 is 23.2 Å². The predicted molar refractivity (Wildman–Crippen MR) is 97.0 cm³/mol. The number of benzene rings is 2. The van der Waals surface area contributed by atoms with Crippen LogP contribution in [0.25, 0.3) is 0 Å². The number of nitrogens with zero attached hydrogens (tertiary/aromatic N) is 2. The number of methoxy groups -OCH3 is 1. The van der Waals surface area contributed by atoms with Crippen LogP contribution in [-0.2, 0) is 11.3 Å². The quantitative estimate of drug-likeness (QED) is 0.645. The normalized spacial score (nSPS) is 11.4. The number of ether oxygens (including phenoxy) is 1. The third-order valence-electron chi connectivity index (χ3n) is 3.68. The van der Waals surface area contributed by atoms with E-state index in [2.05, 4.69) is 9.73 Å². The molecule has 0 atom stereocenters. The van der Waals surface area contributed by atoms with Gasteiger partial charge in [-0.15, -0.1) is 0 Å². The SMILES string of the molecule is COC(=O)c1cc(=O)n(Cc2ccccc2F)c(=Nc2ccc(F)cc2)s1. The maximum atomic E-state index is 14.0. The predicted octanol–water partition coefficient (Wildman–Crippen LogP) is 3.26. The fourth-order valence-electron chi connectivity index (χ4n) is 2.32. The van der Waals surface area contributed by atoms with Gasteiger partial charge in [0.25, 0.3) is 5.56 Å². The lowest BCUT2D eigenvalue weighted by atomic mass is 10.2. The molecule has 0 radical (unpaired) electrons. The zero-order valence-electron chi connectivity index (χ0n) is 14.2.